The first kappa shape index (κ1) is 18.4. The second-order valence-corrected chi connectivity index (χ2v) is 7.80. The van der Waals surface area contributed by atoms with Gasteiger partial charge in [0.05, 0.1) is 11.6 Å². The van der Waals surface area contributed by atoms with Gasteiger partial charge in [-0.3, -0.25) is 4.79 Å². The molecule has 2 N–H and O–H groups in total. The predicted molar refractivity (Wildman–Crippen MR) is 105 cm³/mol. The zero-order valence-electron chi connectivity index (χ0n) is 16.2. The normalized spacial score (nSPS) is 23.8. The molecule has 0 spiro atoms. The van der Waals surface area contributed by atoms with Crippen LogP contribution in [0.15, 0.2) is 30.5 Å². The number of aromatic nitrogens is 2. The van der Waals surface area contributed by atoms with Crippen molar-refractivity contribution in [1.82, 2.24) is 9.97 Å². The van der Waals surface area contributed by atoms with E-state index in [1.165, 1.54) is 0 Å². The van der Waals surface area contributed by atoms with Crippen molar-refractivity contribution in [2.75, 3.05) is 10.2 Å². The molecular formula is C21H24N4O3. The Balaban J connectivity index is 1.83. The molecule has 1 amide bonds. The molecule has 1 aromatic heterocycles. The molecule has 146 valence electrons. The summed E-state index contributed by atoms with van der Waals surface area (Å²) in [6.45, 7) is 5.59. The molecule has 1 aliphatic carbocycles. The molecule has 1 aliphatic heterocycles. The number of aryl methyl sites for hydroxylation is 1. The van der Waals surface area contributed by atoms with Gasteiger partial charge < -0.3 is 15.3 Å². The zero-order valence-corrected chi connectivity index (χ0v) is 16.2. The van der Waals surface area contributed by atoms with E-state index in [0.717, 1.165) is 29.8 Å². The van der Waals surface area contributed by atoms with Crippen LogP contribution >= 0.6 is 0 Å². The third-order valence-electron chi connectivity index (χ3n) is 5.76. The van der Waals surface area contributed by atoms with Crippen LogP contribution in [0.3, 0.4) is 0 Å². The quantitative estimate of drug-likeness (QED) is 0.844. The number of nitrogens with one attached hydrogen (secondary N) is 1. The molecule has 2 aliphatic rings. The third kappa shape index (κ3) is 3.21. The number of carbonyl (C=O) groups is 2. The predicted octanol–water partition coefficient (Wildman–Crippen LogP) is 3.42. The number of anilines is 2. The van der Waals surface area contributed by atoms with Crippen LogP contribution in [0.1, 0.15) is 54.3 Å². The number of benzene rings is 1. The van der Waals surface area contributed by atoms with Gasteiger partial charge in [-0.05, 0) is 55.5 Å². The van der Waals surface area contributed by atoms with Crippen molar-refractivity contribution in [3.8, 4) is 0 Å². The van der Waals surface area contributed by atoms with E-state index in [1.807, 2.05) is 17.9 Å². The molecule has 1 fully saturated rings. The fourth-order valence-corrected chi connectivity index (χ4v) is 4.36. The van der Waals surface area contributed by atoms with Crippen molar-refractivity contribution in [3.05, 3.63) is 47.3 Å². The monoisotopic (exact) mass is 380 g/mol. The number of rotatable bonds is 4. The fourth-order valence-electron chi connectivity index (χ4n) is 4.36. The maximum absolute atomic E-state index is 12.5. The van der Waals surface area contributed by atoms with E-state index >= 15 is 0 Å². The van der Waals surface area contributed by atoms with Gasteiger partial charge in [0.1, 0.15) is 0 Å². The molecule has 0 bridgehead atoms. The molecule has 7 heteroatoms. The Morgan fingerprint density at radius 2 is 2.00 bits per heavy atom. The van der Waals surface area contributed by atoms with Gasteiger partial charge in [0.25, 0.3) is 0 Å². The van der Waals surface area contributed by atoms with Crippen LogP contribution in [-0.2, 0) is 4.79 Å². The molecule has 2 heterocycles. The number of aromatic carboxylic acids is 1. The van der Waals surface area contributed by atoms with E-state index < -0.39 is 5.97 Å². The SMILES string of the molecule is CC(=O)N1c2ccc(C(=O)O)cc2[C@H](Nc2nccc(C)n2)[C@@H](C)C1C1CC1. The highest BCUT2D eigenvalue weighted by Crippen LogP contribution is 2.50. The van der Waals surface area contributed by atoms with Crippen LogP contribution in [0.5, 0.6) is 0 Å². The van der Waals surface area contributed by atoms with Crippen LogP contribution in [0.2, 0.25) is 0 Å². The topological polar surface area (TPSA) is 95.4 Å². The van der Waals surface area contributed by atoms with Crippen molar-refractivity contribution < 1.29 is 14.7 Å². The van der Waals surface area contributed by atoms with Gasteiger partial charge in [-0.25, -0.2) is 14.8 Å². The maximum atomic E-state index is 12.5. The van der Waals surface area contributed by atoms with Crippen LogP contribution < -0.4 is 10.2 Å². The van der Waals surface area contributed by atoms with Gasteiger partial charge in [-0.15, -0.1) is 0 Å². The zero-order chi connectivity index (χ0) is 20.0. The summed E-state index contributed by atoms with van der Waals surface area (Å²) in [6, 6.07) is 6.71. The lowest BCUT2D eigenvalue weighted by atomic mass is 9.79. The van der Waals surface area contributed by atoms with E-state index in [-0.39, 0.29) is 29.5 Å². The summed E-state index contributed by atoms with van der Waals surface area (Å²) >= 11 is 0. The van der Waals surface area contributed by atoms with Crippen molar-refractivity contribution >= 4 is 23.5 Å². The Morgan fingerprint density at radius 3 is 2.61 bits per heavy atom. The van der Waals surface area contributed by atoms with Crippen LogP contribution in [0, 0.1) is 18.8 Å². The summed E-state index contributed by atoms with van der Waals surface area (Å²) in [5, 5.41) is 12.9. The number of fused-ring (bicyclic) bond motifs is 1. The number of carboxylic acids is 1. The molecule has 7 nitrogen and oxygen atoms in total. The number of nitrogens with zero attached hydrogens (tertiary/aromatic N) is 3. The number of amides is 1. The lowest BCUT2D eigenvalue weighted by Gasteiger charge is -2.45. The largest absolute Gasteiger partial charge is 0.478 e. The van der Waals surface area contributed by atoms with Crippen molar-refractivity contribution in [2.24, 2.45) is 11.8 Å². The Bertz CT molecular complexity index is 941. The third-order valence-corrected chi connectivity index (χ3v) is 5.76. The summed E-state index contributed by atoms with van der Waals surface area (Å²) in [5.41, 5.74) is 2.63. The number of carboxylic acid groups (broad SMARTS) is 1. The molecule has 3 atom stereocenters. The second-order valence-electron chi connectivity index (χ2n) is 7.80. The Labute approximate surface area is 163 Å². The molecule has 1 saturated carbocycles. The highest BCUT2D eigenvalue weighted by atomic mass is 16.4. The highest BCUT2D eigenvalue weighted by Gasteiger charge is 2.47. The average Bonchev–Trinajstić information content (AvgIpc) is 3.47. The van der Waals surface area contributed by atoms with Crippen LogP contribution in [0.25, 0.3) is 0 Å². The van der Waals surface area contributed by atoms with E-state index in [0.29, 0.717) is 11.9 Å². The lowest BCUT2D eigenvalue weighted by Crippen LogP contribution is -2.51. The molecule has 1 unspecified atom stereocenters. The van der Waals surface area contributed by atoms with E-state index in [1.54, 1.807) is 31.3 Å². The number of carbonyl (C=O) groups excluding carboxylic acids is 1. The number of hydrogen-bond acceptors (Lipinski definition) is 5. The Morgan fingerprint density at radius 1 is 1.25 bits per heavy atom. The lowest BCUT2D eigenvalue weighted by molar-refractivity contribution is -0.117. The van der Waals surface area contributed by atoms with Crippen molar-refractivity contribution in [1.29, 1.82) is 0 Å². The van der Waals surface area contributed by atoms with Gasteiger partial charge in [-0.1, -0.05) is 6.92 Å². The van der Waals surface area contributed by atoms with E-state index in [9.17, 15) is 14.7 Å². The van der Waals surface area contributed by atoms with Crippen LogP contribution in [0.4, 0.5) is 11.6 Å². The maximum Gasteiger partial charge on any atom is 0.335 e. The number of hydrogen-bond donors (Lipinski definition) is 2. The smallest absolute Gasteiger partial charge is 0.335 e. The van der Waals surface area contributed by atoms with Crippen LogP contribution in [-0.4, -0.2) is 33.0 Å². The summed E-state index contributed by atoms with van der Waals surface area (Å²) < 4.78 is 0. The minimum Gasteiger partial charge on any atom is -0.478 e. The fraction of sp³-hybridized carbons (Fsp3) is 0.429. The van der Waals surface area contributed by atoms with Gasteiger partial charge in [0.2, 0.25) is 11.9 Å². The molecule has 1 aromatic carbocycles. The Hall–Kier alpha value is -2.96. The summed E-state index contributed by atoms with van der Waals surface area (Å²) in [7, 11) is 0. The van der Waals surface area contributed by atoms with Crippen molar-refractivity contribution in [3.63, 3.8) is 0 Å². The molecule has 2 aromatic rings. The minimum absolute atomic E-state index is 0.0154. The van der Waals surface area contributed by atoms with Gasteiger partial charge >= 0.3 is 5.97 Å². The second kappa shape index (κ2) is 6.89. The molecule has 0 saturated heterocycles. The standard InChI is InChI=1S/C21H24N4O3/c1-11-8-9-22-21(23-11)24-18-12(2)19(14-4-5-14)25(13(3)26)17-7-6-15(20(27)28)10-16(17)18/h6-10,12,14,18-19H,4-5H2,1-3H3,(H,27,28)(H,22,23,24)/t12-,18-,19?/m1/s1. The summed E-state index contributed by atoms with van der Waals surface area (Å²) in [6.07, 6.45) is 3.91. The minimum atomic E-state index is -0.986. The average molecular weight is 380 g/mol. The van der Waals surface area contributed by atoms with Crippen molar-refractivity contribution in [2.45, 2.75) is 45.7 Å². The van der Waals surface area contributed by atoms with Gasteiger partial charge in [0.15, 0.2) is 0 Å². The molecule has 4 rings (SSSR count). The first-order valence-electron chi connectivity index (χ1n) is 9.60. The first-order chi connectivity index (χ1) is 13.4. The summed E-state index contributed by atoms with van der Waals surface area (Å²) in [5.74, 6) is 0.0540. The van der Waals surface area contributed by atoms with Gasteiger partial charge in [0, 0.05) is 36.5 Å². The molecule has 0 radical (unpaired) electrons. The Kier molecular flexibility index (Phi) is 4.53. The van der Waals surface area contributed by atoms with Gasteiger partial charge in [-0.2, -0.15) is 0 Å². The first-order valence-corrected chi connectivity index (χ1v) is 9.60. The van der Waals surface area contributed by atoms with E-state index in [4.69, 9.17) is 0 Å². The molecular weight excluding hydrogens is 356 g/mol. The van der Waals surface area contributed by atoms with E-state index in [2.05, 4.69) is 22.2 Å². The molecule has 28 heavy (non-hydrogen) atoms. The summed E-state index contributed by atoms with van der Waals surface area (Å²) in [4.78, 5) is 34.7. The highest BCUT2D eigenvalue weighted by molar-refractivity contribution is 5.96.